The first kappa shape index (κ1) is 13.8. The van der Waals surface area contributed by atoms with Gasteiger partial charge >= 0.3 is 5.97 Å². The Morgan fingerprint density at radius 3 is 2.84 bits per heavy atom. The van der Waals surface area contributed by atoms with Crippen LogP contribution in [-0.4, -0.2) is 45.5 Å². The first-order chi connectivity index (χ1) is 8.95. The van der Waals surface area contributed by atoms with Gasteiger partial charge in [-0.05, 0) is 24.1 Å². The summed E-state index contributed by atoms with van der Waals surface area (Å²) in [6, 6.07) is 4.58. The average Bonchev–Trinajstić information content (AvgIpc) is 2.79. The highest BCUT2D eigenvalue weighted by molar-refractivity contribution is 7.92. The molecule has 0 amide bonds. The number of rotatable bonds is 5. The van der Waals surface area contributed by atoms with E-state index < -0.39 is 16.0 Å². The minimum Gasteiger partial charge on any atom is -0.478 e. The van der Waals surface area contributed by atoms with Crippen LogP contribution < -0.4 is 4.31 Å². The molecule has 1 aliphatic heterocycles. The molecule has 0 fully saturated rings. The Morgan fingerprint density at radius 2 is 2.21 bits per heavy atom. The molecule has 0 atom stereocenters. The topological polar surface area (TPSA) is 83.9 Å². The van der Waals surface area contributed by atoms with Gasteiger partial charge in [-0.3, -0.25) is 4.31 Å². The Morgan fingerprint density at radius 1 is 1.47 bits per heavy atom. The third-order valence-electron chi connectivity index (χ3n) is 3.07. The first-order valence-corrected chi connectivity index (χ1v) is 7.42. The van der Waals surface area contributed by atoms with Gasteiger partial charge in [0.15, 0.2) is 0 Å². The van der Waals surface area contributed by atoms with Crippen molar-refractivity contribution in [1.82, 2.24) is 0 Å². The molecule has 0 spiro atoms. The third-order valence-corrected chi connectivity index (χ3v) is 4.80. The summed E-state index contributed by atoms with van der Waals surface area (Å²) < 4.78 is 30.3. The van der Waals surface area contributed by atoms with Gasteiger partial charge in [0, 0.05) is 13.7 Å². The maximum atomic E-state index is 12.1. The lowest BCUT2D eigenvalue weighted by atomic mass is 10.1. The fourth-order valence-electron chi connectivity index (χ4n) is 2.07. The van der Waals surface area contributed by atoms with E-state index in [2.05, 4.69) is 0 Å². The largest absolute Gasteiger partial charge is 0.478 e. The van der Waals surface area contributed by atoms with Crippen molar-refractivity contribution in [2.24, 2.45) is 0 Å². The summed E-state index contributed by atoms with van der Waals surface area (Å²) in [5.41, 5.74) is 1.41. The van der Waals surface area contributed by atoms with E-state index in [1.807, 2.05) is 0 Å². The van der Waals surface area contributed by atoms with E-state index in [0.29, 0.717) is 18.7 Å². The molecule has 0 saturated carbocycles. The summed E-state index contributed by atoms with van der Waals surface area (Å²) in [7, 11) is -2.02. The van der Waals surface area contributed by atoms with Gasteiger partial charge in [0.1, 0.15) is 0 Å². The molecule has 1 N–H and O–H groups in total. The highest BCUT2D eigenvalue weighted by Gasteiger charge is 2.29. The quantitative estimate of drug-likeness (QED) is 0.862. The summed E-state index contributed by atoms with van der Waals surface area (Å²) in [5.74, 6) is -1.18. The van der Waals surface area contributed by atoms with Gasteiger partial charge in [-0.1, -0.05) is 6.07 Å². The van der Waals surface area contributed by atoms with E-state index in [0.717, 1.165) is 5.56 Å². The predicted molar refractivity (Wildman–Crippen MR) is 70.1 cm³/mol. The fourth-order valence-corrected chi connectivity index (χ4v) is 3.51. The molecule has 19 heavy (non-hydrogen) atoms. The Hall–Kier alpha value is -1.60. The van der Waals surface area contributed by atoms with Crippen LogP contribution in [0.1, 0.15) is 15.9 Å². The van der Waals surface area contributed by atoms with Gasteiger partial charge in [0.05, 0.1) is 23.6 Å². The van der Waals surface area contributed by atoms with E-state index in [1.54, 1.807) is 6.07 Å². The Bertz CT molecular complexity index is 596. The number of fused-ring (bicyclic) bond motifs is 1. The summed E-state index contributed by atoms with van der Waals surface area (Å²) in [6.07, 6.45) is 0.599. The van der Waals surface area contributed by atoms with Crippen LogP contribution in [-0.2, 0) is 21.2 Å². The van der Waals surface area contributed by atoms with Crippen LogP contribution >= 0.6 is 0 Å². The lowest BCUT2D eigenvalue weighted by molar-refractivity contribution is 0.0697. The second-order valence-electron chi connectivity index (χ2n) is 4.28. The number of carbonyl (C=O) groups is 1. The number of carboxylic acids is 1. The van der Waals surface area contributed by atoms with Crippen molar-refractivity contribution >= 4 is 21.7 Å². The van der Waals surface area contributed by atoms with Crippen LogP contribution in [0.4, 0.5) is 5.69 Å². The highest BCUT2D eigenvalue weighted by atomic mass is 32.2. The minimum absolute atomic E-state index is 0.0904. The van der Waals surface area contributed by atoms with Crippen LogP contribution in [0.25, 0.3) is 0 Å². The molecule has 104 valence electrons. The molecule has 2 rings (SSSR count). The lowest BCUT2D eigenvalue weighted by Crippen LogP contribution is -2.32. The van der Waals surface area contributed by atoms with E-state index in [-0.39, 0.29) is 17.9 Å². The van der Waals surface area contributed by atoms with Crippen LogP contribution in [0.15, 0.2) is 18.2 Å². The molecular formula is C12H15NO5S. The molecule has 1 aromatic rings. The fraction of sp³-hybridized carbons (Fsp3) is 0.417. The van der Waals surface area contributed by atoms with Gasteiger partial charge < -0.3 is 9.84 Å². The zero-order valence-corrected chi connectivity index (χ0v) is 11.3. The van der Waals surface area contributed by atoms with Crippen molar-refractivity contribution in [3.8, 4) is 0 Å². The zero-order valence-electron chi connectivity index (χ0n) is 10.5. The van der Waals surface area contributed by atoms with Crippen LogP contribution in [0.2, 0.25) is 0 Å². The number of sulfonamides is 1. The molecule has 0 saturated heterocycles. The number of nitrogens with zero attached hydrogens (tertiary/aromatic N) is 1. The number of benzene rings is 1. The SMILES string of the molecule is COCCS(=O)(=O)N1CCc2ccc(C(=O)O)cc21. The molecule has 0 aliphatic carbocycles. The molecule has 1 aliphatic rings. The Kier molecular flexibility index (Phi) is 3.77. The van der Waals surface area contributed by atoms with Crippen molar-refractivity contribution in [1.29, 1.82) is 0 Å². The summed E-state index contributed by atoms with van der Waals surface area (Å²) in [4.78, 5) is 10.9. The minimum atomic E-state index is -3.46. The third kappa shape index (κ3) is 2.71. The van der Waals surface area contributed by atoms with E-state index in [9.17, 15) is 13.2 Å². The second kappa shape index (κ2) is 5.18. The monoisotopic (exact) mass is 285 g/mol. The first-order valence-electron chi connectivity index (χ1n) is 5.81. The van der Waals surface area contributed by atoms with Gasteiger partial charge in [0.25, 0.3) is 0 Å². The molecule has 7 heteroatoms. The standard InChI is InChI=1S/C12H15NO5S/c1-18-6-7-19(16,17)13-5-4-9-2-3-10(12(14)15)8-11(9)13/h2-3,8H,4-7H2,1H3,(H,14,15). The predicted octanol–water partition coefficient (Wildman–Crippen LogP) is 0.724. The number of anilines is 1. The summed E-state index contributed by atoms with van der Waals surface area (Å²) >= 11 is 0. The maximum Gasteiger partial charge on any atom is 0.335 e. The molecule has 0 radical (unpaired) electrons. The molecule has 0 bridgehead atoms. The number of carboxylic acid groups (broad SMARTS) is 1. The van der Waals surface area contributed by atoms with Crippen molar-refractivity contribution in [2.75, 3.05) is 30.3 Å². The van der Waals surface area contributed by atoms with Gasteiger partial charge in [-0.2, -0.15) is 0 Å². The zero-order chi connectivity index (χ0) is 14.0. The Labute approximate surface area is 111 Å². The number of hydrogen-bond donors (Lipinski definition) is 1. The smallest absolute Gasteiger partial charge is 0.335 e. The normalized spacial score (nSPS) is 14.5. The molecule has 1 heterocycles. The number of methoxy groups -OCH3 is 1. The van der Waals surface area contributed by atoms with Crippen molar-refractivity contribution < 1.29 is 23.1 Å². The molecule has 0 unspecified atom stereocenters. The van der Waals surface area contributed by atoms with Gasteiger partial charge in [-0.15, -0.1) is 0 Å². The van der Waals surface area contributed by atoms with Gasteiger partial charge in [-0.25, -0.2) is 13.2 Å². The molecule has 0 aromatic heterocycles. The second-order valence-corrected chi connectivity index (χ2v) is 6.29. The van der Waals surface area contributed by atoms with Crippen molar-refractivity contribution in [2.45, 2.75) is 6.42 Å². The van der Waals surface area contributed by atoms with Crippen LogP contribution in [0.3, 0.4) is 0 Å². The molecule has 1 aromatic carbocycles. The van der Waals surface area contributed by atoms with Crippen molar-refractivity contribution in [3.05, 3.63) is 29.3 Å². The Balaban J connectivity index is 2.35. The van der Waals surface area contributed by atoms with Gasteiger partial charge in [0.2, 0.25) is 10.0 Å². The number of aromatic carboxylic acids is 1. The van der Waals surface area contributed by atoms with Crippen molar-refractivity contribution in [3.63, 3.8) is 0 Å². The van der Waals surface area contributed by atoms with E-state index in [1.165, 1.54) is 23.5 Å². The van der Waals surface area contributed by atoms with Crippen LogP contribution in [0.5, 0.6) is 0 Å². The van der Waals surface area contributed by atoms with Crippen LogP contribution in [0, 0.1) is 0 Å². The maximum absolute atomic E-state index is 12.1. The number of hydrogen-bond acceptors (Lipinski definition) is 4. The lowest BCUT2D eigenvalue weighted by Gasteiger charge is -2.19. The average molecular weight is 285 g/mol. The summed E-state index contributed by atoms with van der Waals surface area (Å²) in [6.45, 7) is 0.469. The van der Waals surface area contributed by atoms with E-state index >= 15 is 0 Å². The summed E-state index contributed by atoms with van der Waals surface area (Å²) in [5, 5.41) is 8.96. The van der Waals surface area contributed by atoms with E-state index in [4.69, 9.17) is 9.84 Å². The highest BCUT2D eigenvalue weighted by Crippen LogP contribution is 2.31. The molecule has 6 nitrogen and oxygen atoms in total. The number of ether oxygens (including phenoxy) is 1. The molecular weight excluding hydrogens is 270 g/mol.